The van der Waals surface area contributed by atoms with Crippen LogP contribution >= 0.6 is 0 Å². The molecule has 0 radical (unpaired) electrons. The van der Waals surface area contributed by atoms with Gasteiger partial charge < -0.3 is 10.2 Å². The highest BCUT2D eigenvalue weighted by Crippen LogP contribution is 2.22. The zero-order valence-corrected chi connectivity index (χ0v) is 14.6. The van der Waals surface area contributed by atoms with Gasteiger partial charge in [-0.1, -0.05) is 0 Å². The smallest absolute Gasteiger partial charge is 0.229 e. The van der Waals surface area contributed by atoms with E-state index >= 15 is 0 Å². The van der Waals surface area contributed by atoms with Gasteiger partial charge in [0.05, 0.1) is 6.26 Å². The predicted octanol–water partition coefficient (Wildman–Crippen LogP) is 2.50. The van der Waals surface area contributed by atoms with Crippen molar-refractivity contribution in [3.05, 3.63) is 36.0 Å². The predicted molar refractivity (Wildman–Crippen MR) is 96.4 cm³/mol. The number of aryl methyl sites for hydroxylation is 1. The Hall–Kier alpha value is -2.35. The molecule has 8 heteroatoms. The number of anilines is 4. The SMILES string of the molecule is Cc1cc(N2CCCC2)nc(Nc2ccc(NS(C)(=O)=O)cc2)n1. The van der Waals surface area contributed by atoms with Crippen molar-refractivity contribution < 1.29 is 8.42 Å². The van der Waals surface area contributed by atoms with E-state index in [4.69, 9.17) is 0 Å². The molecule has 2 heterocycles. The van der Waals surface area contributed by atoms with Gasteiger partial charge in [-0.2, -0.15) is 4.98 Å². The number of nitrogens with zero attached hydrogens (tertiary/aromatic N) is 3. The number of hydrogen-bond acceptors (Lipinski definition) is 6. The molecule has 1 aromatic carbocycles. The molecule has 1 aliphatic rings. The van der Waals surface area contributed by atoms with Gasteiger partial charge in [-0.3, -0.25) is 4.72 Å². The molecular weight excluding hydrogens is 326 g/mol. The minimum atomic E-state index is -3.27. The van der Waals surface area contributed by atoms with Crippen molar-refractivity contribution >= 4 is 33.2 Å². The number of hydrogen-bond donors (Lipinski definition) is 2. The van der Waals surface area contributed by atoms with Gasteiger partial charge in [0.2, 0.25) is 16.0 Å². The zero-order valence-electron chi connectivity index (χ0n) is 13.8. The Kier molecular flexibility index (Phi) is 4.57. The molecule has 0 spiro atoms. The molecular formula is C16H21N5O2S. The maximum atomic E-state index is 11.2. The molecule has 0 atom stereocenters. The summed E-state index contributed by atoms with van der Waals surface area (Å²) in [4.78, 5) is 11.3. The van der Waals surface area contributed by atoms with Crippen LogP contribution in [0.25, 0.3) is 0 Å². The number of nitrogens with one attached hydrogen (secondary N) is 2. The van der Waals surface area contributed by atoms with Crippen LogP contribution in [-0.4, -0.2) is 37.7 Å². The van der Waals surface area contributed by atoms with Crippen molar-refractivity contribution in [2.75, 3.05) is 34.3 Å². The lowest BCUT2D eigenvalue weighted by Gasteiger charge is -2.17. The minimum Gasteiger partial charge on any atom is -0.356 e. The first-order valence-electron chi connectivity index (χ1n) is 7.84. The Morgan fingerprint density at radius 3 is 2.29 bits per heavy atom. The van der Waals surface area contributed by atoms with Crippen LogP contribution in [0.15, 0.2) is 30.3 Å². The third-order valence-electron chi connectivity index (χ3n) is 3.72. The van der Waals surface area contributed by atoms with Crippen molar-refractivity contribution in [1.29, 1.82) is 0 Å². The average molecular weight is 347 g/mol. The summed E-state index contributed by atoms with van der Waals surface area (Å²) in [6, 6.07) is 8.96. The molecule has 0 amide bonds. The summed E-state index contributed by atoms with van der Waals surface area (Å²) in [6.45, 7) is 4.01. The van der Waals surface area contributed by atoms with Gasteiger partial charge in [0.15, 0.2) is 0 Å². The number of aromatic nitrogens is 2. The van der Waals surface area contributed by atoms with Crippen molar-refractivity contribution in [3.8, 4) is 0 Å². The largest absolute Gasteiger partial charge is 0.356 e. The van der Waals surface area contributed by atoms with Gasteiger partial charge in [-0.05, 0) is 44.0 Å². The normalized spacial score (nSPS) is 14.7. The molecule has 1 saturated heterocycles. The first kappa shape index (κ1) is 16.5. The first-order valence-corrected chi connectivity index (χ1v) is 9.74. The topological polar surface area (TPSA) is 87.2 Å². The lowest BCUT2D eigenvalue weighted by Crippen LogP contribution is -2.19. The van der Waals surface area contributed by atoms with Gasteiger partial charge in [0, 0.05) is 36.2 Å². The number of sulfonamides is 1. The van der Waals surface area contributed by atoms with Crippen LogP contribution in [0.5, 0.6) is 0 Å². The van der Waals surface area contributed by atoms with Crippen LogP contribution in [-0.2, 0) is 10.0 Å². The maximum Gasteiger partial charge on any atom is 0.229 e. The van der Waals surface area contributed by atoms with Gasteiger partial charge in [0.25, 0.3) is 0 Å². The summed E-state index contributed by atoms with van der Waals surface area (Å²) in [5.41, 5.74) is 2.22. The van der Waals surface area contributed by atoms with E-state index in [2.05, 4.69) is 24.9 Å². The zero-order chi connectivity index (χ0) is 17.2. The summed E-state index contributed by atoms with van der Waals surface area (Å²) in [5.74, 6) is 1.48. The second-order valence-corrected chi connectivity index (χ2v) is 7.71. The summed E-state index contributed by atoms with van der Waals surface area (Å²) in [7, 11) is -3.27. The summed E-state index contributed by atoms with van der Waals surface area (Å²) < 4.78 is 24.9. The lowest BCUT2D eigenvalue weighted by atomic mass is 10.3. The van der Waals surface area contributed by atoms with Crippen LogP contribution in [0, 0.1) is 6.92 Å². The van der Waals surface area contributed by atoms with E-state index in [-0.39, 0.29) is 0 Å². The fraction of sp³-hybridized carbons (Fsp3) is 0.375. The fourth-order valence-electron chi connectivity index (χ4n) is 2.68. The van der Waals surface area contributed by atoms with Crippen LogP contribution in [0.4, 0.5) is 23.1 Å². The third kappa shape index (κ3) is 4.35. The Morgan fingerprint density at radius 2 is 1.67 bits per heavy atom. The van der Waals surface area contributed by atoms with Gasteiger partial charge in [-0.15, -0.1) is 0 Å². The van der Waals surface area contributed by atoms with Crippen LogP contribution in [0.1, 0.15) is 18.5 Å². The molecule has 7 nitrogen and oxygen atoms in total. The van der Waals surface area contributed by atoms with Gasteiger partial charge in [0.1, 0.15) is 5.82 Å². The van der Waals surface area contributed by atoms with E-state index in [1.165, 1.54) is 12.8 Å². The molecule has 128 valence electrons. The van der Waals surface area contributed by atoms with E-state index in [0.29, 0.717) is 11.6 Å². The van der Waals surface area contributed by atoms with Crippen molar-refractivity contribution in [1.82, 2.24) is 9.97 Å². The maximum absolute atomic E-state index is 11.2. The molecule has 24 heavy (non-hydrogen) atoms. The van der Waals surface area contributed by atoms with E-state index in [1.807, 2.05) is 13.0 Å². The van der Waals surface area contributed by atoms with Crippen molar-refractivity contribution in [2.24, 2.45) is 0 Å². The lowest BCUT2D eigenvalue weighted by molar-refractivity contribution is 0.607. The molecule has 0 saturated carbocycles. The Bertz CT molecular complexity index is 815. The Balaban J connectivity index is 1.75. The molecule has 1 aliphatic heterocycles. The number of rotatable bonds is 5. The monoisotopic (exact) mass is 347 g/mol. The molecule has 0 unspecified atom stereocenters. The van der Waals surface area contributed by atoms with E-state index in [9.17, 15) is 8.42 Å². The van der Waals surface area contributed by atoms with Gasteiger partial charge in [-0.25, -0.2) is 13.4 Å². The van der Waals surface area contributed by atoms with Crippen molar-refractivity contribution in [3.63, 3.8) is 0 Å². The third-order valence-corrected chi connectivity index (χ3v) is 4.32. The molecule has 3 rings (SSSR count). The van der Waals surface area contributed by atoms with E-state index in [1.54, 1.807) is 24.3 Å². The Labute approximate surface area is 142 Å². The second kappa shape index (κ2) is 6.64. The quantitative estimate of drug-likeness (QED) is 0.864. The summed E-state index contributed by atoms with van der Waals surface area (Å²) in [6.07, 6.45) is 3.51. The highest BCUT2D eigenvalue weighted by Gasteiger charge is 2.15. The second-order valence-electron chi connectivity index (χ2n) is 5.96. The summed E-state index contributed by atoms with van der Waals surface area (Å²) >= 11 is 0. The molecule has 0 bridgehead atoms. The first-order chi connectivity index (χ1) is 11.4. The van der Waals surface area contributed by atoms with E-state index < -0.39 is 10.0 Å². The minimum absolute atomic E-state index is 0.519. The van der Waals surface area contributed by atoms with Gasteiger partial charge >= 0.3 is 0 Å². The standard InChI is InChI=1S/C16H21N5O2S/c1-12-11-15(21-9-3-4-10-21)19-16(17-12)18-13-5-7-14(8-6-13)20-24(2,22)23/h5-8,11,20H,3-4,9-10H2,1-2H3,(H,17,18,19). The molecule has 1 aromatic heterocycles. The van der Waals surface area contributed by atoms with Crippen LogP contribution in [0.2, 0.25) is 0 Å². The van der Waals surface area contributed by atoms with E-state index in [0.717, 1.165) is 36.5 Å². The molecule has 2 N–H and O–H groups in total. The number of benzene rings is 1. The highest BCUT2D eigenvalue weighted by atomic mass is 32.2. The van der Waals surface area contributed by atoms with Crippen LogP contribution in [0.3, 0.4) is 0 Å². The van der Waals surface area contributed by atoms with Crippen LogP contribution < -0.4 is 14.9 Å². The summed E-state index contributed by atoms with van der Waals surface area (Å²) in [5, 5.41) is 3.17. The highest BCUT2D eigenvalue weighted by molar-refractivity contribution is 7.92. The molecule has 2 aromatic rings. The Morgan fingerprint density at radius 1 is 1.04 bits per heavy atom. The average Bonchev–Trinajstić information content (AvgIpc) is 3.01. The molecule has 1 fully saturated rings. The van der Waals surface area contributed by atoms with Crippen molar-refractivity contribution in [2.45, 2.75) is 19.8 Å². The molecule has 0 aliphatic carbocycles. The fourth-order valence-corrected chi connectivity index (χ4v) is 3.25.